The molecular weight excluding hydrogens is 196 g/mol. The summed E-state index contributed by atoms with van der Waals surface area (Å²) < 4.78 is 0. The molecule has 0 bridgehead atoms. The molecule has 1 atom stereocenters. The maximum Gasteiger partial charge on any atom is 0.328 e. The molecule has 1 saturated heterocycles. The monoisotopic (exact) mass is 212 g/mol. The molecule has 0 aromatic heterocycles. The van der Waals surface area contributed by atoms with E-state index in [1.807, 2.05) is 20.8 Å². The van der Waals surface area contributed by atoms with Gasteiger partial charge in [0.1, 0.15) is 5.92 Å². The van der Waals surface area contributed by atoms with Crippen LogP contribution in [0.5, 0.6) is 0 Å². The Morgan fingerprint density at radius 3 is 1.93 bits per heavy atom. The molecule has 4 amide bonds. The summed E-state index contributed by atoms with van der Waals surface area (Å²) in [5, 5.41) is 4.21. The van der Waals surface area contributed by atoms with Crippen LogP contribution in [0.25, 0.3) is 0 Å². The molecule has 5 nitrogen and oxygen atoms in total. The fourth-order valence-electron chi connectivity index (χ4n) is 1.93. The van der Waals surface area contributed by atoms with Gasteiger partial charge in [0.25, 0.3) is 0 Å². The standard InChI is InChI=1S/C10H16N2O3/c1-5(2)4-6(3)7-8(13)11-10(15)12-9(7)14/h5-7H,4H2,1-3H3,(H2,11,12,13,14,15). The van der Waals surface area contributed by atoms with E-state index < -0.39 is 23.8 Å². The SMILES string of the molecule is CC(C)CC(C)C1C(=O)NC(=O)NC1=O. The highest BCUT2D eigenvalue weighted by Gasteiger charge is 2.37. The minimum absolute atomic E-state index is 0.0573. The Bertz CT molecular complexity index is 279. The van der Waals surface area contributed by atoms with Crippen LogP contribution in [0.3, 0.4) is 0 Å². The van der Waals surface area contributed by atoms with Crippen molar-refractivity contribution < 1.29 is 14.4 Å². The molecule has 0 saturated carbocycles. The van der Waals surface area contributed by atoms with Crippen molar-refractivity contribution in [1.82, 2.24) is 10.6 Å². The van der Waals surface area contributed by atoms with Crippen LogP contribution in [0.4, 0.5) is 4.79 Å². The van der Waals surface area contributed by atoms with E-state index in [1.54, 1.807) is 0 Å². The Balaban J connectivity index is 2.71. The van der Waals surface area contributed by atoms with Crippen molar-refractivity contribution in [2.45, 2.75) is 27.2 Å². The van der Waals surface area contributed by atoms with Gasteiger partial charge in [-0.3, -0.25) is 20.2 Å². The molecule has 2 N–H and O–H groups in total. The van der Waals surface area contributed by atoms with E-state index in [-0.39, 0.29) is 5.92 Å². The van der Waals surface area contributed by atoms with Crippen molar-refractivity contribution in [1.29, 1.82) is 0 Å². The summed E-state index contributed by atoms with van der Waals surface area (Å²) in [6.45, 7) is 5.90. The molecule has 0 aliphatic carbocycles. The van der Waals surface area contributed by atoms with E-state index in [2.05, 4.69) is 10.6 Å². The zero-order valence-corrected chi connectivity index (χ0v) is 9.16. The van der Waals surface area contributed by atoms with Crippen molar-refractivity contribution >= 4 is 17.8 Å². The fraction of sp³-hybridized carbons (Fsp3) is 0.700. The van der Waals surface area contributed by atoms with Gasteiger partial charge < -0.3 is 0 Å². The first-order valence-corrected chi connectivity index (χ1v) is 5.07. The third kappa shape index (κ3) is 2.78. The lowest BCUT2D eigenvalue weighted by Crippen LogP contribution is -2.57. The molecule has 1 fully saturated rings. The Morgan fingerprint density at radius 1 is 1.07 bits per heavy atom. The molecule has 0 aromatic rings. The first-order chi connectivity index (χ1) is 6.91. The molecule has 1 unspecified atom stereocenters. The molecule has 0 aromatic carbocycles. The van der Waals surface area contributed by atoms with Crippen LogP contribution < -0.4 is 10.6 Å². The minimum atomic E-state index is -0.745. The zero-order chi connectivity index (χ0) is 11.6. The summed E-state index contributed by atoms with van der Waals surface area (Å²) in [4.78, 5) is 33.7. The van der Waals surface area contributed by atoms with Gasteiger partial charge in [0.05, 0.1) is 0 Å². The van der Waals surface area contributed by atoms with Crippen molar-refractivity contribution in [3.05, 3.63) is 0 Å². The van der Waals surface area contributed by atoms with Crippen molar-refractivity contribution in [3.63, 3.8) is 0 Å². The highest BCUT2D eigenvalue weighted by molar-refractivity contribution is 6.16. The minimum Gasteiger partial charge on any atom is -0.277 e. The Hall–Kier alpha value is -1.39. The number of amides is 4. The second-order valence-electron chi connectivity index (χ2n) is 4.39. The Morgan fingerprint density at radius 2 is 1.53 bits per heavy atom. The number of carbonyl (C=O) groups is 3. The summed E-state index contributed by atoms with van der Waals surface area (Å²) in [6, 6.07) is -0.724. The molecule has 1 aliphatic rings. The molecule has 0 radical (unpaired) electrons. The predicted octanol–water partition coefficient (Wildman–Crippen LogP) is 0.651. The second kappa shape index (κ2) is 4.42. The average Bonchev–Trinajstić information content (AvgIpc) is 1.99. The smallest absolute Gasteiger partial charge is 0.277 e. The van der Waals surface area contributed by atoms with Crippen LogP contribution in [0.2, 0.25) is 0 Å². The van der Waals surface area contributed by atoms with E-state index in [0.717, 1.165) is 6.42 Å². The summed E-state index contributed by atoms with van der Waals surface area (Å²) >= 11 is 0. The number of carbonyl (C=O) groups excluding carboxylic acids is 3. The van der Waals surface area contributed by atoms with Crippen LogP contribution in [0.1, 0.15) is 27.2 Å². The van der Waals surface area contributed by atoms with E-state index >= 15 is 0 Å². The third-order valence-corrected chi connectivity index (χ3v) is 2.45. The van der Waals surface area contributed by atoms with Crippen molar-refractivity contribution in [3.8, 4) is 0 Å². The highest BCUT2D eigenvalue weighted by Crippen LogP contribution is 2.21. The number of hydrogen-bond donors (Lipinski definition) is 2. The molecule has 5 heteroatoms. The summed E-state index contributed by atoms with van der Waals surface area (Å²) in [7, 11) is 0. The molecule has 1 aliphatic heterocycles. The van der Waals surface area contributed by atoms with Crippen LogP contribution in [-0.4, -0.2) is 17.8 Å². The molecule has 15 heavy (non-hydrogen) atoms. The van der Waals surface area contributed by atoms with Crippen LogP contribution in [0, 0.1) is 17.8 Å². The van der Waals surface area contributed by atoms with Gasteiger partial charge in [0.15, 0.2) is 0 Å². The van der Waals surface area contributed by atoms with Crippen LogP contribution >= 0.6 is 0 Å². The predicted molar refractivity (Wildman–Crippen MR) is 53.8 cm³/mol. The fourth-order valence-corrected chi connectivity index (χ4v) is 1.93. The molecule has 0 spiro atoms. The first kappa shape index (κ1) is 11.7. The van der Waals surface area contributed by atoms with Gasteiger partial charge in [0, 0.05) is 0 Å². The number of imide groups is 2. The van der Waals surface area contributed by atoms with Crippen molar-refractivity contribution in [2.24, 2.45) is 17.8 Å². The number of barbiturate groups is 1. The summed E-state index contributed by atoms with van der Waals surface area (Å²) in [5.74, 6) is -1.37. The van der Waals surface area contributed by atoms with Gasteiger partial charge in [0.2, 0.25) is 11.8 Å². The van der Waals surface area contributed by atoms with Crippen LogP contribution in [0.15, 0.2) is 0 Å². The lowest BCUT2D eigenvalue weighted by atomic mass is 9.85. The topological polar surface area (TPSA) is 75.3 Å². The number of hydrogen-bond acceptors (Lipinski definition) is 3. The largest absolute Gasteiger partial charge is 0.328 e. The molecule has 1 rings (SSSR count). The van der Waals surface area contributed by atoms with E-state index in [1.165, 1.54) is 0 Å². The van der Waals surface area contributed by atoms with Gasteiger partial charge in [-0.1, -0.05) is 20.8 Å². The lowest BCUT2D eigenvalue weighted by Gasteiger charge is -2.26. The maximum absolute atomic E-state index is 11.4. The molecule has 84 valence electrons. The maximum atomic E-state index is 11.4. The zero-order valence-electron chi connectivity index (χ0n) is 9.16. The third-order valence-electron chi connectivity index (χ3n) is 2.45. The van der Waals surface area contributed by atoms with E-state index in [0.29, 0.717) is 5.92 Å². The number of rotatable bonds is 3. The quantitative estimate of drug-likeness (QED) is 0.674. The van der Waals surface area contributed by atoms with E-state index in [9.17, 15) is 14.4 Å². The van der Waals surface area contributed by atoms with Gasteiger partial charge in [-0.05, 0) is 18.3 Å². The highest BCUT2D eigenvalue weighted by atomic mass is 16.2. The molecule has 1 heterocycles. The van der Waals surface area contributed by atoms with E-state index in [4.69, 9.17) is 0 Å². The Kier molecular flexibility index (Phi) is 3.44. The van der Waals surface area contributed by atoms with Gasteiger partial charge in [-0.2, -0.15) is 0 Å². The van der Waals surface area contributed by atoms with Gasteiger partial charge >= 0.3 is 6.03 Å². The summed E-state index contributed by atoms with van der Waals surface area (Å²) in [5.41, 5.74) is 0. The normalized spacial score (nSPS) is 20.1. The first-order valence-electron chi connectivity index (χ1n) is 5.07. The van der Waals surface area contributed by atoms with Gasteiger partial charge in [-0.15, -0.1) is 0 Å². The van der Waals surface area contributed by atoms with Crippen LogP contribution in [-0.2, 0) is 9.59 Å². The number of urea groups is 1. The van der Waals surface area contributed by atoms with Gasteiger partial charge in [-0.25, -0.2) is 4.79 Å². The molecular formula is C10H16N2O3. The second-order valence-corrected chi connectivity index (χ2v) is 4.39. The lowest BCUT2D eigenvalue weighted by molar-refractivity contribution is -0.138. The van der Waals surface area contributed by atoms with Crippen molar-refractivity contribution in [2.75, 3.05) is 0 Å². The average molecular weight is 212 g/mol. The Labute approximate surface area is 88.6 Å². The number of nitrogens with one attached hydrogen (secondary N) is 2. The summed E-state index contributed by atoms with van der Waals surface area (Å²) in [6.07, 6.45) is 0.777.